The molecular formula is C30H22F3NO6. The lowest BCUT2D eigenvalue weighted by Crippen LogP contribution is -2.29. The number of rotatable bonds is 5. The van der Waals surface area contributed by atoms with Crippen molar-refractivity contribution in [3.8, 4) is 33.9 Å². The van der Waals surface area contributed by atoms with Crippen molar-refractivity contribution in [2.24, 2.45) is 0 Å². The van der Waals surface area contributed by atoms with Gasteiger partial charge in [0, 0.05) is 34.3 Å². The van der Waals surface area contributed by atoms with Crippen LogP contribution in [0.25, 0.3) is 33.4 Å². The molecule has 3 aromatic rings. The second-order valence-corrected chi connectivity index (χ2v) is 8.22. The number of carboxylic acids is 1. The average Bonchev–Trinajstić information content (AvgIpc) is 2.93. The van der Waals surface area contributed by atoms with Gasteiger partial charge in [-0.15, -0.1) is 0 Å². The Hall–Kier alpha value is -5.12. The molecule has 0 saturated heterocycles. The first kappa shape index (κ1) is 27.9. The van der Waals surface area contributed by atoms with E-state index in [0.29, 0.717) is 33.4 Å². The third-order valence-electron chi connectivity index (χ3n) is 5.70. The van der Waals surface area contributed by atoms with Gasteiger partial charge in [0.25, 0.3) is 0 Å². The molecule has 0 bridgehead atoms. The van der Waals surface area contributed by atoms with Crippen LogP contribution >= 0.6 is 0 Å². The summed E-state index contributed by atoms with van der Waals surface area (Å²) in [7, 11) is 0. The molecule has 1 aliphatic heterocycles. The molecule has 0 saturated carbocycles. The third-order valence-corrected chi connectivity index (χ3v) is 5.70. The molecule has 0 atom stereocenters. The van der Waals surface area contributed by atoms with Crippen LogP contribution in [0.1, 0.15) is 24.2 Å². The highest BCUT2D eigenvalue weighted by Crippen LogP contribution is 2.42. The van der Waals surface area contributed by atoms with Crippen LogP contribution in [-0.4, -0.2) is 23.2 Å². The van der Waals surface area contributed by atoms with Gasteiger partial charge in [0.15, 0.2) is 5.43 Å². The van der Waals surface area contributed by atoms with Gasteiger partial charge in [-0.2, -0.15) is 13.2 Å². The Morgan fingerprint density at radius 2 is 1.52 bits per heavy atom. The predicted molar refractivity (Wildman–Crippen MR) is 144 cm³/mol. The maximum atomic E-state index is 12.5. The summed E-state index contributed by atoms with van der Waals surface area (Å²) < 4.78 is 49.2. The maximum absolute atomic E-state index is 12.5. The summed E-state index contributed by atoms with van der Waals surface area (Å²) in [6, 6.07) is 20.9. The van der Waals surface area contributed by atoms with Crippen LogP contribution in [0, 0.1) is 0 Å². The number of nitrogens with one attached hydrogen (secondary N) is 1. The van der Waals surface area contributed by atoms with Gasteiger partial charge in [-0.3, -0.25) is 9.59 Å². The first-order valence-corrected chi connectivity index (χ1v) is 12.1. The largest absolute Gasteiger partial charge is 0.478 e. The highest BCUT2D eigenvalue weighted by Gasteiger charge is 2.38. The quantitative estimate of drug-likeness (QED) is 0.219. The number of benzene rings is 4. The minimum atomic E-state index is -5.01. The summed E-state index contributed by atoms with van der Waals surface area (Å²) >= 11 is 0. The Labute approximate surface area is 225 Å². The van der Waals surface area contributed by atoms with E-state index in [1.165, 1.54) is 42.5 Å². The average molecular weight is 550 g/mol. The molecule has 5 rings (SSSR count). The molecule has 0 spiro atoms. The molecule has 2 N–H and O–H groups in total. The number of amides is 1. The Balaban J connectivity index is 0.00000181. The van der Waals surface area contributed by atoms with E-state index in [0.717, 1.165) is 0 Å². The summed E-state index contributed by atoms with van der Waals surface area (Å²) in [6.07, 6.45) is -5.01. The van der Waals surface area contributed by atoms with E-state index in [9.17, 15) is 32.7 Å². The zero-order valence-corrected chi connectivity index (χ0v) is 21.2. The molecule has 3 aromatic carbocycles. The highest BCUT2D eigenvalue weighted by molar-refractivity contribution is 6.07. The molecule has 1 amide bonds. The topological polar surface area (TPSA) is 106 Å². The van der Waals surface area contributed by atoms with Crippen LogP contribution in [0.5, 0.6) is 11.5 Å². The normalized spacial score (nSPS) is 11.0. The highest BCUT2D eigenvalue weighted by atomic mass is 19.4. The Morgan fingerprint density at radius 3 is 2.20 bits per heavy atom. The standard InChI is InChI=1S/C28H16F3NO6.C2H6/c29-28(30,31)27(36)32-15-5-8-17(9-6-15)37-18-10-12-22-24(14-18)38-23-13-16(33)7-11-21(23)25(22)19-3-1-2-4-20(19)26(34)35;1-2/h1-14H,(H,32,36)(H,34,35);1-2H3. The number of aromatic carboxylic acids is 1. The minimum absolute atomic E-state index is 0.0604. The minimum Gasteiger partial charge on any atom is -0.478 e. The fourth-order valence-corrected chi connectivity index (χ4v) is 4.04. The molecule has 1 aliphatic carbocycles. The van der Waals surface area contributed by atoms with Gasteiger partial charge in [0.05, 0.1) is 5.56 Å². The van der Waals surface area contributed by atoms with E-state index >= 15 is 0 Å². The maximum Gasteiger partial charge on any atom is 0.471 e. The molecule has 0 aromatic heterocycles. The smallest absolute Gasteiger partial charge is 0.471 e. The molecule has 40 heavy (non-hydrogen) atoms. The number of fused-ring (bicyclic) bond motifs is 2. The molecule has 2 aliphatic rings. The monoisotopic (exact) mass is 549 g/mol. The van der Waals surface area contributed by atoms with Crippen LogP contribution in [0.2, 0.25) is 0 Å². The number of carbonyl (C=O) groups excluding carboxylic acids is 1. The van der Waals surface area contributed by atoms with Gasteiger partial charge < -0.3 is 19.6 Å². The number of anilines is 1. The van der Waals surface area contributed by atoms with Crippen LogP contribution in [0.15, 0.2) is 94.1 Å². The van der Waals surface area contributed by atoms with Gasteiger partial charge in [-0.1, -0.05) is 32.0 Å². The number of carbonyl (C=O) groups is 2. The SMILES string of the molecule is CC.O=C(O)c1ccccc1-c1c2ccc(=O)cc-2oc2cc(Oc3ccc(NC(=O)C(F)(F)F)cc3)ccc12. The zero-order valence-electron chi connectivity index (χ0n) is 21.2. The van der Waals surface area contributed by atoms with Crippen molar-refractivity contribution in [3.63, 3.8) is 0 Å². The van der Waals surface area contributed by atoms with Crippen molar-refractivity contribution in [2.75, 3.05) is 5.32 Å². The van der Waals surface area contributed by atoms with Crippen molar-refractivity contribution in [3.05, 3.63) is 101 Å². The second-order valence-electron chi connectivity index (χ2n) is 8.22. The Morgan fingerprint density at radius 1 is 0.850 bits per heavy atom. The summed E-state index contributed by atoms with van der Waals surface area (Å²) in [5.41, 5.74) is 1.59. The number of ether oxygens (including phenoxy) is 1. The van der Waals surface area contributed by atoms with E-state index in [1.807, 2.05) is 13.8 Å². The van der Waals surface area contributed by atoms with Gasteiger partial charge in [0.1, 0.15) is 22.8 Å². The summed E-state index contributed by atoms with van der Waals surface area (Å²) in [5.74, 6) is -2.37. The van der Waals surface area contributed by atoms with E-state index in [1.54, 1.807) is 47.8 Å². The van der Waals surface area contributed by atoms with Gasteiger partial charge in [-0.25, -0.2) is 4.79 Å². The summed E-state index contributed by atoms with van der Waals surface area (Å²) in [4.78, 5) is 35.1. The lowest BCUT2D eigenvalue weighted by molar-refractivity contribution is -0.167. The van der Waals surface area contributed by atoms with Crippen molar-refractivity contribution in [2.45, 2.75) is 20.0 Å². The third kappa shape index (κ3) is 5.80. The Bertz CT molecular complexity index is 1730. The molecule has 1 heterocycles. The molecule has 0 fully saturated rings. The van der Waals surface area contributed by atoms with Crippen LogP contribution in [0.4, 0.5) is 18.9 Å². The van der Waals surface area contributed by atoms with Crippen molar-refractivity contribution in [1.29, 1.82) is 0 Å². The number of carboxylic acid groups (broad SMARTS) is 1. The molecule has 7 nitrogen and oxygen atoms in total. The van der Waals surface area contributed by atoms with Crippen molar-refractivity contribution >= 4 is 28.5 Å². The number of alkyl halides is 3. The van der Waals surface area contributed by atoms with E-state index in [2.05, 4.69) is 0 Å². The Kier molecular flexibility index (Phi) is 7.90. The van der Waals surface area contributed by atoms with E-state index in [4.69, 9.17) is 9.15 Å². The zero-order chi connectivity index (χ0) is 29.0. The fraction of sp³-hybridized carbons (Fsp3) is 0.100. The van der Waals surface area contributed by atoms with Crippen LogP contribution in [0.3, 0.4) is 0 Å². The first-order valence-electron chi connectivity index (χ1n) is 12.1. The number of halogens is 3. The molecule has 204 valence electrons. The van der Waals surface area contributed by atoms with Gasteiger partial charge >= 0.3 is 18.1 Å². The van der Waals surface area contributed by atoms with Gasteiger partial charge in [-0.05, 0) is 60.2 Å². The van der Waals surface area contributed by atoms with Crippen molar-refractivity contribution < 1.29 is 37.0 Å². The van der Waals surface area contributed by atoms with E-state index < -0.39 is 18.1 Å². The number of hydrogen-bond acceptors (Lipinski definition) is 5. The lowest BCUT2D eigenvalue weighted by Gasteiger charge is -2.17. The van der Waals surface area contributed by atoms with Gasteiger partial charge in [0.2, 0.25) is 0 Å². The van der Waals surface area contributed by atoms with E-state index in [-0.39, 0.29) is 28.2 Å². The fourth-order valence-electron chi connectivity index (χ4n) is 4.04. The summed E-state index contributed by atoms with van der Waals surface area (Å²) in [5, 5.41) is 12.1. The molecule has 10 heteroatoms. The first-order chi connectivity index (χ1) is 19.1. The van der Waals surface area contributed by atoms with Crippen molar-refractivity contribution in [1.82, 2.24) is 0 Å². The lowest BCUT2D eigenvalue weighted by atomic mass is 9.91. The number of hydrogen-bond donors (Lipinski definition) is 2. The molecule has 0 unspecified atom stereocenters. The second kappa shape index (κ2) is 11.3. The van der Waals surface area contributed by atoms with Crippen LogP contribution < -0.4 is 15.5 Å². The van der Waals surface area contributed by atoms with Crippen LogP contribution in [-0.2, 0) is 4.79 Å². The molecular weight excluding hydrogens is 527 g/mol. The summed E-state index contributed by atoms with van der Waals surface area (Å²) in [6.45, 7) is 4.00. The predicted octanol–water partition coefficient (Wildman–Crippen LogP) is 7.58. The molecule has 0 radical (unpaired) electrons.